The van der Waals surface area contributed by atoms with Crippen LogP contribution in [0.4, 0.5) is 0 Å². The zero-order chi connectivity index (χ0) is 14.6. The summed E-state index contributed by atoms with van der Waals surface area (Å²) in [4.78, 5) is 13.8. The summed E-state index contributed by atoms with van der Waals surface area (Å²) in [5, 5.41) is 9.42. The molecular weight excluding hydrogens is 276 g/mol. The van der Waals surface area contributed by atoms with E-state index in [9.17, 15) is 9.90 Å². The summed E-state index contributed by atoms with van der Waals surface area (Å²) < 4.78 is 8.33. The lowest BCUT2D eigenvalue weighted by Crippen LogP contribution is -2.52. The van der Waals surface area contributed by atoms with E-state index in [1.165, 1.54) is 0 Å². The van der Waals surface area contributed by atoms with Crippen molar-refractivity contribution in [2.24, 2.45) is 10.8 Å². The number of aliphatic carboxylic acids is 1. The third-order valence-corrected chi connectivity index (χ3v) is 5.27. The second-order valence-electron chi connectivity index (χ2n) is 6.48. The average molecular weight is 302 g/mol. The maximum atomic E-state index is 11.4. The molecule has 0 aromatic rings. The van der Waals surface area contributed by atoms with Gasteiger partial charge in [-0.15, -0.1) is 0 Å². The van der Waals surface area contributed by atoms with Crippen molar-refractivity contribution in [1.29, 1.82) is 0 Å². The highest BCUT2D eigenvalue weighted by atomic mass is 32.1. The lowest BCUT2D eigenvalue weighted by atomic mass is 9.68. The zero-order valence-corrected chi connectivity index (χ0v) is 13.1. The van der Waals surface area contributed by atoms with Gasteiger partial charge in [0, 0.05) is 25.6 Å². The number of hydrogen-bond acceptors (Lipinski definition) is 5. The Morgan fingerprint density at radius 1 is 1.35 bits per heavy atom. The number of nitrogens with zero attached hydrogens (tertiary/aromatic N) is 1. The molecule has 1 saturated carbocycles. The van der Waals surface area contributed by atoms with Gasteiger partial charge in [0.05, 0.1) is 12.0 Å². The number of carboxylic acid groups (broad SMARTS) is 1. The number of methoxy groups -OCH3 is 1. The van der Waals surface area contributed by atoms with Gasteiger partial charge in [0.2, 0.25) is 0 Å². The molecule has 0 radical (unpaired) electrons. The highest BCUT2D eigenvalue weighted by Crippen LogP contribution is 2.43. The van der Waals surface area contributed by atoms with E-state index in [1.807, 2.05) is 0 Å². The van der Waals surface area contributed by atoms with E-state index in [0.29, 0.717) is 6.54 Å². The quantitative estimate of drug-likeness (QED) is 0.621. The predicted octanol–water partition coefficient (Wildman–Crippen LogP) is 1.40. The van der Waals surface area contributed by atoms with Crippen LogP contribution in [0, 0.1) is 10.8 Å². The van der Waals surface area contributed by atoms with Crippen molar-refractivity contribution in [2.75, 3.05) is 39.9 Å². The van der Waals surface area contributed by atoms with Crippen LogP contribution in [0.5, 0.6) is 0 Å². The number of thiol groups is 1. The fraction of sp³-hybridized carbons (Fsp3) is 0.929. The smallest absolute Gasteiger partial charge is 0.310 e. The molecule has 2 fully saturated rings. The highest BCUT2D eigenvalue weighted by Gasteiger charge is 2.46. The molecule has 0 atom stereocenters. The SMILES string of the molecule is COCC1(CNS)CCN(CC2(C(=O)O)CCC2)CC1. The van der Waals surface area contributed by atoms with Crippen molar-refractivity contribution < 1.29 is 14.6 Å². The number of likely N-dealkylation sites (tertiary alicyclic amines) is 1. The Morgan fingerprint density at radius 3 is 2.40 bits per heavy atom. The van der Waals surface area contributed by atoms with Gasteiger partial charge in [0.1, 0.15) is 0 Å². The Balaban J connectivity index is 1.88. The fourth-order valence-electron chi connectivity index (χ4n) is 3.50. The minimum atomic E-state index is -0.616. The number of carboxylic acids is 1. The minimum absolute atomic E-state index is 0.142. The summed E-state index contributed by atoms with van der Waals surface area (Å²) in [7, 11) is 1.74. The van der Waals surface area contributed by atoms with Gasteiger partial charge in [-0.1, -0.05) is 19.2 Å². The van der Waals surface area contributed by atoms with Crippen LogP contribution in [0.15, 0.2) is 0 Å². The van der Waals surface area contributed by atoms with Crippen LogP contribution in [-0.2, 0) is 9.53 Å². The van der Waals surface area contributed by atoms with Crippen LogP contribution in [0.3, 0.4) is 0 Å². The molecule has 1 aliphatic carbocycles. The number of piperidine rings is 1. The molecule has 6 heteroatoms. The van der Waals surface area contributed by atoms with Crippen LogP contribution < -0.4 is 4.72 Å². The molecule has 0 aromatic heterocycles. The highest BCUT2D eigenvalue weighted by molar-refractivity contribution is 7.78. The molecule has 0 aromatic carbocycles. The monoisotopic (exact) mass is 302 g/mol. The van der Waals surface area contributed by atoms with Crippen molar-refractivity contribution in [2.45, 2.75) is 32.1 Å². The molecule has 1 aliphatic heterocycles. The Labute approximate surface area is 126 Å². The Hall–Kier alpha value is -0.300. The first-order valence-electron chi connectivity index (χ1n) is 7.38. The molecular formula is C14H26N2O3S. The van der Waals surface area contributed by atoms with E-state index < -0.39 is 11.4 Å². The molecule has 5 nitrogen and oxygen atoms in total. The standard InChI is InChI=1S/C14H26N2O3S/c1-19-11-13(9-15-20)5-7-16(8-6-13)10-14(12(17)18)3-2-4-14/h15,20H,2-11H2,1H3,(H,17,18). The molecule has 116 valence electrons. The van der Waals surface area contributed by atoms with Gasteiger partial charge in [0.25, 0.3) is 0 Å². The third kappa shape index (κ3) is 3.30. The number of ether oxygens (including phenoxy) is 1. The summed E-state index contributed by atoms with van der Waals surface area (Å²) in [6.45, 7) is 4.18. The van der Waals surface area contributed by atoms with Gasteiger partial charge < -0.3 is 14.7 Å². The summed E-state index contributed by atoms with van der Waals surface area (Å²) in [6, 6.07) is 0. The topological polar surface area (TPSA) is 61.8 Å². The van der Waals surface area contributed by atoms with Crippen molar-refractivity contribution in [3.8, 4) is 0 Å². The third-order valence-electron chi connectivity index (χ3n) is 5.11. The van der Waals surface area contributed by atoms with E-state index in [2.05, 4.69) is 22.4 Å². The zero-order valence-electron chi connectivity index (χ0n) is 12.2. The number of hydrogen-bond donors (Lipinski definition) is 3. The largest absolute Gasteiger partial charge is 0.481 e. The lowest BCUT2D eigenvalue weighted by molar-refractivity contribution is -0.156. The van der Waals surface area contributed by atoms with Crippen LogP contribution in [0.1, 0.15) is 32.1 Å². The molecule has 0 amide bonds. The van der Waals surface area contributed by atoms with Gasteiger partial charge >= 0.3 is 5.97 Å². The maximum Gasteiger partial charge on any atom is 0.310 e. The van der Waals surface area contributed by atoms with Gasteiger partial charge in [0.15, 0.2) is 0 Å². The van der Waals surface area contributed by atoms with E-state index >= 15 is 0 Å². The molecule has 0 unspecified atom stereocenters. The maximum absolute atomic E-state index is 11.4. The first kappa shape index (κ1) is 16.1. The summed E-state index contributed by atoms with van der Waals surface area (Å²) >= 11 is 4.12. The molecule has 2 rings (SSSR count). The average Bonchev–Trinajstić information content (AvgIpc) is 2.36. The molecule has 2 aliphatic rings. The minimum Gasteiger partial charge on any atom is -0.481 e. The van der Waals surface area contributed by atoms with Crippen LogP contribution >= 0.6 is 12.8 Å². The molecule has 0 bridgehead atoms. The van der Waals surface area contributed by atoms with Gasteiger partial charge in [-0.2, -0.15) is 0 Å². The molecule has 20 heavy (non-hydrogen) atoms. The molecule has 0 spiro atoms. The lowest BCUT2D eigenvalue weighted by Gasteiger charge is -2.46. The van der Waals surface area contributed by atoms with E-state index in [4.69, 9.17) is 4.74 Å². The fourth-order valence-corrected chi connectivity index (χ4v) is 3.84. The molecule has 1 saturated heterocycles. The Kier molecular flexibility index (Phi) is 5.34. The van der Waals surface area contributed by atoms with Crippen molar-refractivity contribution in [3.05, 3.63) is 0 Å². The molecule has 1 heterocycles. The normalized spacial score (nSPS) is 25.1. The Morgan fingerprint density at radius 2 is 2.00 bits per heavy atom. The summed E-state index contributed by atoms with van der Waals surface area (Å²) in [5.74, 6) is -0.616. The van der Waals surface area contributed by atoms with Gasteiger partial charge in [-0.05, 0) is 38.8 Å². The van der Waals surface area contributed by atoms with Crippen LogP contribution in [0.2, 0.25) is 0 Å². The van der Waals surface area contributed by atoms with Crippen molar-refractivity contribution >= 4 is 18.8 Å². The van der Waals surface area contributed by atoms with Crippen LogP contribution in [-0.4, -0.2) is 55.9 Å². The second kappa shape index (κ2) is 6.64. The predicted molar refractivity (Wildman–Crippen MR) is 80.9 cm³/mol. The Bertz CT molecular complexity index is 331. The van der Waals surface area contributed by atoms with Crippen molar-refractivity contribution in [1.82, 2.24) is 9.62 Å². The number of carbonyl (C=O) groups is 1. The van der Waals surface area contributed by atoms with E-state index in [-0.39, 0.29) is 5.41 Å². The van der Waals surface area contributed by atoms with Crippen LogP contribution in [0.25, 0.3) is 0 Å². The number of nitrogens with one attached hydrogen (secondary N) is 1. The molecule has 2 N–H and O–H groups in total. The summed E-state index contributed by atoms with van der Waals surface area (Å²) in [5.41, 5.74) is -0.327. The summed E-state index contributed by atoms with van der Waals surface area (Å²) in [6.07, 6.45) is 4.78. The van der Waals surface area contributed by atoms with Gasteiger partial charge in [-0.3, -0.25) is 9.52 Å². The van der Waals surface area contributed by atoms with Gasteiger partial charge in [-0.25, -0.2) is 0 Å². The van der Waals surface area contributed by atoms with Crippen molar-refractivity contribution in [3.63, 3.8) is 0 Å². The first-order chi connectivity index (χ1) is 9.56. The van der Waals surface area contributed by atoms with E-state index in [1.54, 1.807) is 7.11 Å². The van der Waals surface area contributed by atoms with E-state index in [0.717, 1.165) is 58.3 Å². The second-order valence-corrected chi connectivity index (χ2v) is 6.80. The first-order valence-corrected chi connectivity index (χ1v) is 7.82. The number of rotatable bonds is 7.